The van der Waals surface area contributed by atoms with Gasteiger partial charge in [-0.2, -0.15) is 5.26 Å². The fourth-order valence-electron chi connectivity index (χ4n) is 1.82. The Balaban J connectivity index is 2.16. The van der Waals surface area contributed by atoms with Crippen LogP contribution in [0.2, 0.25) is 5.02 Å². The first kappa shape index (κ1) is 16.4. The van der Waals surface area contributed by atoms with Crippen LogP contribution in [0.25, 0.3) is 0 Å². The molecular formula is C17H14ClN3O2. The summed E-state index contributed by atoms with van der Waals surface area (Å²) in [6, 6.07) is 13.5. The van der Waals surface area contributed by atoms with E-state index in [2.05, 4.69) is 10.6 Å². The van der Waals surface area contributed by atoms with Gasteiger partial charge in [-0.25, -0.2) is 0 Å². The second-order valence-electron chi connectivity index (χ2n) is 4.77. The summed E-state index contributed by atoms with van der Waals surface area (Å²) in [7, 11) is 0. The summed E-state index contributed by atoms with van der Waals surface area (Å²) in [5.74, 6) is -0.573. The van der Waals surface area contributed by atoms with Gasteiger partial charge in [-0.3, -0.25) is 4.79 Å². The van der Waals surface area contributed by atoms with E-state index in [-0.39, 0.29) is 11.3 Å². The Morgan fingerprint density at radius 2 is 2.00 bits per heavy atom. The molecule has 0 spiro atoms. The Morgan fingerprint density at radius 3 is 2.70 bits per heavy atom. The van der Waals surface area contributed by atoms with Crippen LogP contribution in [0, 0.1) is 18.3 Å². The Morgan fingerprint density at radius 1 is 1.26 bits per heavy atom. The van der Waals surface area contributed by atoms with Crippen LogP contribution in [0.3, 0.4) is 0 Å². The Bertz CT molecular complexity index is 810. The van der Waals surface area contributed by atoms with E-state index in [4.69, 9.17) is 16.9 Å². The number of nitrogens with one attached hydrogen (secondary N) is 2. The molecule has 0 saturated carbocycles. The third-order valence-corrected chi connectivity index (χ3v) is 3.34. The highest BCUT2D eigenvalue weighted by molar-refractivity contribution is 6.33. The lowest BCUT2D eigenvalue weighted by Crippen LogP contribution is -2.14. The molecule has 0 aliphatic carbocycles. The molecule has 0 fully saturated rings. The molecule has 2 aromatic rings. The molecule has 116 valence electrons. The highest BCUT2D eigenvalue weighted by Gasteiger charge is 2.11. The normalized spacial score (nSPS) is 10.7. The number of halogens is 1. The second-order valence-corrected chi connectivity index (χ2v) is 5.18. The lowest BCUT2D eigenvalue weighted by Gasteiger charge is -2.08. The number of phenolic OH excluding ortho intramolecular Hbond substituents is 1. The fourth-order valence-corrected chi connectivity index (χ4v) is 2.00. The van der Waals surface area contributed by atoms with Crippen molar-refractivity contribution in [2.24, 2.45) is 0 Å². The van der Waals surface area contributed by atoms with Gasteiger partial charge in [-0.1, -0.05) is 29.8 Å². The minimum atomic E-state index is -0.597. The molecule has 23 heavy (non-hydrogen) atoms. The average Bonchev–Trinajstić information content (AvgIpc) is 2.53. The minimum Gasteiger partial charge on any atom is -0.506 e. The molecule has 6 heteroatoms. The van der Waals surface area contributed by atoms with Gasteiger partial charge in [-0.05, 0) is 36.8 Å². The van der Waals surface area contributed by atoms with Crippen LogP contribution >= 0.6 is 11.6 Å². The van der Waals surface area contributed by atoms with Gasteiger partial charge in [0.05, 0.1) is 16.4 Å². The standard InChI is InChI=1S/C17H14ClN3O2/c1-11-6-7-16(22)15(8-11)20-10-12(9-19)17(23)21-14-5-3-2-4-13(14)18/h2-8,10,20,22H,1H3,(H,21,23)/b12-10-. The van der Waals surface area contributed by atoms with E-state index >= 15 is 0 Å². The number of benzene rings is 2. The molecule has 0 aromatic heterocycles. The van der Waals surface area contributed by atoms with Crippen LogP contribution in [0.5, 0.6) is 5.75 Å². The number of hydrogen-bond acceptors (Lipinski definition) is 4. The number of carbonyl (C=O) groups excluding carboxylic acids is 1. The van der Waals surface area contributed by atoms with Crippen molar-refractivity contribution in [1.82, 2.24) is 0 Å². The molecule has 3 N–H and O–H groups in total. The highest BCUT2D eigenvalue weighted by atomic mass is 35.5. The molecular weight excluding hydrogens is 314 g/mol. The van der Waals surface area contributed by atoms with Gasteiger partial charge in [0.15, 0.2) is 0 Å². The maximum Gasteiger partial charge on any atom is 0.267 e. The lowest BCUT2D eigenvalue weighted by molar-refractivity contribution is -0.112. The molecule has 1 amide bonds. The maximum atomic E-state index is 12.1. The molecule has 0 unspecified atom stereocenters. The van der Waals surface area contributed by atoms with Gasteiger partial charge in [0, 0.05) is 6.20 Å². The van der Waals surface area contributed by atoms with E-state index in [9.17, 15) is 9.90 Å². The quantitative estimate of drug-likeness (QED) is 0.453. The number of carbonyl (C=O) groups is 1. The fraction of sp³-hybridized carbons (Fsp3) is 0.0588. The predicted octanol–water partition coefficient (Wildman–Crippen LogP) is 3.81. The summed E-state index contributed by atoms with van der Waals surface area (Å²) >= 11 is 5.96. The summed E-state index contributed by atoms with van der Waals surface area (Å²) in [6.07, 6.45) is 1.24. The molecule has 0 radical (unpaired) electrons. The zero-order valence-electron chi connectivity index (χ0n) is 12.3. The van der Waals surface area contributed by atoms with Crippen LogP contribution in [0.15, 0.2) is 54.2 Å². The zero-order valence-corrected chi connectivity index (χ0v) is 13.1. The highest BCUT2D eigenvalue weighted by Crippen LogP contribution is 2.24. The van der Waals surface area contributed by atoms with Crippen molar-refractivity contribution in [3.63, 3.8) is 0 Å². The number of para-hydroxylation sites is 1. The van der Waals surface area contributed by atoms with Gasteiger partial charge in [0.2, 0.25) is 0 Å². The number of aryl methyl sites for hydroxylation is 1. The third-order valence-electron chi connectivity index (χ3n) is 3.01. The van der Waals surface area contributed by atoms with Gasteiger partial charge >= 0.3 is 0 Å². The molecule has 2 aromatic carbocycles. The summed E-state index contributed by atoms with van der Waals surface area (Å²) in [5, 5.41) is 24.6. The predicted molar refractivity (Wildman–Crippen MR) is 90.2 cm³/mol. The SMILES string of the molecule is Cc1ccc(O)c(N/C=C(/C#N)C(=O)Nc2ccccc2Cl)c1. The van der Waals surface area contributed by atoms with Crippen molar-refractivity contribution in [3.8, 4) is 11.8 Å². The van der Waals surface area contributed by atoms with Crippen molar-refractivity contribution >= 4 is 28.9 Å². The van der Waals surface area contributed by atoms with Crippen molar-refractivity contribution in [2.45, 2.75) is 6.92 Å². The molecule has 0 atom stereocenters. The number of aromatic hydroxyl groups is 1. The molecule has 0 aliphatic rings. The van der Waals surface area contributed by atoms with E-state index in [1.54, 1.807) is 36.4 Å². The number of rotatable bonds is 4. The molecule has 0 saturated heterocycles. The Labute approximate surface area is 138 Å². The Kier molecular flexibility index (Phi) is 5.23. The third kappa shape index (κ3) is 4.25. The van der Waals surface area contributed by atoms with Crippen LogP contribution in [0.1, 0.15) is 5.56 Å². The first-order chi connectivity index (χ1) is 11.0. The summed E-state index contributed by atoms with van der Waals surface area (Å²) in [4.78, 5) is 12.1. The molecule has 0 bridgehead atoms. The molecule has 0 heterocycles. The van der Waals surface area contributed by atoms with Crippen LogP contribution < -0.4 is 10.6 Å². The monoisotopic (exact) mass is 327 g/mol. The Hall–Kier alpha value is -2.97. The first-order valence-electron chi connectivity index (χ1n) is 6.73. The first-order valence-corrected chi connectivity index (χ1v) is 7.11. The average molecular weight is 328 g/mol. The summed E-state index contributed by atoms with van der Waals surface area (Å²) < 4.78 is 0. The van der Waals surface area contributed by atoms with Gasteiger partial charge in [0.25, 0.3) is 5.91 Å². The van der Waals surface area contributed by atoms with Crippen LogP contribution in [0.4, 0.5) is 11.4 Å². The number of phenols is 1. The van der Waals surface area contributed by atoms with E-state index in [0.717, 1.165) is 5.56 Å². The van der Waals surface area contributed by atoms with E-state index in [1.165, 1.54) is 12.3 Å². The van der Waals surface area contributed by atoms with E-state index < -0.39 is 5.91 Å². The number of amides is 1. The summed E-state index contributed by atoms with van der Waals surface area (Å²) in [6.45, 7) is 1.86. The van der Waals surface area contributed by atoms with Crippen molar-refractivity contribution in [2.75, 3.05) is 10.6 Å². The zero-order chi connectivity index (χ0) is 16.8. The van der Waals surface area contributed by atoms with Gasteiger partial charge in [0.1, 0.15) is 17.4 Å². The number of nitrogens with zero attached hydrogens (tertiary/aromatic N) is 1. The van der Waals surface area contributed by atoms with Gasteiger partial charge in [-0.15, -0.1) is 0 Å². The largest absolute Gasteiger partial charge is 0.506 e. The lowest BCUT2D eigenvalue weighted by atomic mass is 10.2. The maximum absolute atomic E-state index is 12.1. The van der Waals surface area contributed by atoms with Crippen molar-refractivity contribution in [1.29, 1.82) is 5.26 Å². The number of anilines is 2. The van der Waals surface area contributed by atoms with Gasteiger partial charge < -0.3 is 15.7 Å². The van der Waals surface area contributed by atoms with Crippen LogP contribution in [-0.2, 0) is 4.79 Å². The smallest absolute Gasteiger partial charge is 0.267 e. The van der Waals surface area contributed by atoms with E-state index in [0.29, 0.717) is 16.4 Å². The molecule has 5 nitrogen and oxygen atoms in total. The van der Waals surface area contributed by atoms with Crippen LogP contribution in [-0.4, -0.2) is 11.0 Å². The second kappa shape index (κ2) is 7.34. The summed E-state index contributed by atoms with van der Waals surface area (Å²) in [5.41, 5.74) is 1.60. The van der Waals surface area contributed by atoms with Crippen molar-refractivity contribution in [3.05, 3.63) is 64.8 Å². The molecule has 0 aliphatic heterocycles. The minimum absolute atomic E-state index is 0.0238. The van der Waals surface area contributed by atoms with E-state index in [1.807, 2.05) is 13.0 Å². The molecule has 2 rings (SSSR count). The topological polar surface area (TPSA) is 85.2 Å². The van der Waals surface area contributed by atoms with Crippen molar-refractivity contribution < 1.29 is 9.90 Å². The number of nitriles is 1. The number of hydrogen-bond donors (Lipinski definition) is 3.